The summed E-state index contributed by atoms with van der Waals surface area (Å²) in [6, 6.07) is 6.05. The van der Waals surface area contributed by atoms with Crippen molar-refractivity contribution in [1.29, 1.82) is 0 Å². The van der Waals surface area contributed by atoms with Gasteiger partial charge in [0.1, 0.15) is 9.92 Å². The predicted octanol–water partition coefficient (Wildman–Crippen LogP) is 1.71. The first-order valence-corrected chi connectivity index (χ1v) is 7.66. The van der Waals surface area contributed by atoms with Crippen LogP contribution in [0.1, 0.15) is 0 Å². The van der Waals surface area contributed by atoms with Gasteiger partial charge < -0.3 is 4.98 Å². The highest BCUT2D eigenvalue weighted by molar-refractivity contribution is 7.92. The highest BCUT2D eigenvalue weighted by Gasteiger charge is 2.16. The van der Waals surface area contributed by atoms with Gasteiger partial charge in [-0.15, -0.1) is 0 Å². The number of anilines is 1. The fourth-order valence-electron chi connectivity index (χ4n) is 1.81. The Morgan fingerprint density at radius 2 is 2.05 bits per heavy atom. The van der Waals surface area contributed by atoms with E-state index in [1.807, 2.05) is 0 Å². The van der Waals surface area contributed by atoms with Crippen LogP contribution in [0.2, 0.25) is 5.02 Å². The van der Waals surface area contributed by atoms with E-state index in [-0.39, 0.29) is 9.92 Å². The quantitative estimate of drug-likeness (QED) is 0.681. The van der Waals surface area contributed by atoms with Crippen LogP contribution in [0, 0.1) is 0 Å². The van der Waals surface area contributed by atoms with Gasteiger partial charge >= 0.3 is 0 Å². The summed E-state index contributed by atoms with van der Waals surface area (Å²) in [5.41, 5.74) is 0.631. The van der Waals surface area contributed by atoms with Gasteiger partial charge in [-0.05, 0) is 24.3 Å². The second-order valence-corrected chi connectivity index (χ2v) is 6.38. The van der Waals surface area contributed by atoms with E-state index in [2.05, 4.69) is 19.9 Å². The van der Waals surface area contributed by atoms with Crippen molar-refractivity contribution in [3.63, 3.8) is 0 Å². The second kappa shape index (κ2) is 4.90. The summed E-state index contributed by atoms with van der Waals surface area (Å²) in [5, 5.41) is 7.21. The largest absolute Gasteiger partial charge is 0.326 e. The fraction of sp³-hybridized carbons (Fsp3) is 0. The van der Waals surface area contributed by atoms with Crippen molar-refractivity contribution >= 4 is 38.2 Å². The first-order chi connectivity index (χ1) is 9.95. The molecule has 3 rings (SSSR count). The normalized spacial score (nSPS) is 11.7. The topological polar surface area (TPSA) is 108 Å². The maximum absolute atomic E-state index is 12.2. The molecule has 1 aromatic carbocycles. The van der Waals surface area contributed by atoms with E-state index in [9.17, 15) is 13.2 Å². The molecule has 3 aromatic rings. The number of fused-ring (bicyclic) bond motifs is 1. The van der Waals surface area contributed by atoms with Crippen LogP contribution >= 0.6 is 11.6 Å². The van der Waals surface area contributed by atoms with Crippen molar-refractivity contribution in [3.05, 3.63) is 52.0 Å². The molecular weight excluding hydrogens is 316 g/mol. The summed E-state index contributed by atoms with van der Waals surface area (Å²) in [5.74, 6) is 0. The van der Waals surface area contributed by atoms with Crippen molar-refractivity contribution in [3.8, 4) is 0 Å². The monoisotopic (exact) mass is 324 g/mol. The smallest absolute Gasteiger partial charge is 0.266 e. The van der Waals surface area contributed by atoms with Crippen molar-refractivity contribution in [2.24, 2.45) is 0 Å². The standard InChI is InChI=1S/C12H9ClN4O3S/c13-10-4-9(6-14-12(10)18)21(19,20)17-8-1-2-11-7(3-8)5-15-16-11/h1-6,17H,(H,14,18)(H,15,16). The van der Waals surface area contributed by atoms with Crippen LogP contribution in [0.5, 0.6) is 0 Å². The predicted molar refractivity (Wildman–Crippen MR) is 79.0 cm³/mol. The Bertz CT molecular complexity index is 977. The molecule has 2 aromatic heterocycles. The van der Waals surface area contributed by atoms with Crippen LogP contribution < -0.4 is 10.3 Å². The average molecular weight is 325 g/mol. The van der Waals surface area contributed by atoms with Crippen molar-refractivity contribution in [2.75, 3.05) is 4.72 Å². The first-order valence-electron chi connectivity index (χ1n) is 5.80. The molecule has 0 aliphatic rings. The molecule has 3 N–H and O–H groups in total. The molecule has 0 saturated heterocycles. The second-order valence-electron chi connectivity index (χ2n) is 4.29. The molecule has 0 atom stereocenters. The Morgan fingerprint density at radius 1 is 1.24 bits per heavy atom. The lowest BCUT2D eigenvalue weighted by molar-refractivity contribution is 0.600. The molecular formula is C12H9ClN4O3S. The third kappa shape index (κ3) is 2.63. The molecule has 0 bridgehead atoms. The van der Waals surface area contributed by atoms with E-state index in [0.717, 1.165) is 23.2 Å². The van der Waals surface area contributed by atoms with Crippen molar-refractivity contribution in [2.45, 2.75) is 4.90 Å². The molecule has 0 fully saturated rings. The lowest BCUT2D eigenvalue weighted by Gasteiger charge is -2.08. The molecule has 21 heavy (non-hydrogen) atoms. The molecule has 0 unspecified atom stereocenters. The Balaban J connectivity index is 1.98. The maximum atomic E-state index is 12.2. The van der Waals surface area contributed by atoms with Gasteiger partial charge in [-0.25, -0.2) is 8.42 Å². The fourth-order valence-corrected chi connectivity index (χ4v) is 3.09. The van der Waals surface area contributed by atoms with E-state index in [1.54, 1.807) is 24.4 Å². The average Bonchev–Trinajstić information content (AvgIpc) is 2.88. The number of nitrogens with one attached hydrogen (secondary N) is 3. The molecule has 9 heteroatoms. The molecule has 108 valence electrons. The first kappa shape index (κ1) is 13.7. The molecule has 0 spiro atoms. The van der Waals surface area contributed by atoms with Gasteiger partial charge in [0.15, 0.2) is 0 Å². The van der Waals surface area contributed by atoms with Crippen LogP contribution in [0.15, 0.2) is 46.3 Å². The highest BCUT2D eigenvalue weighted by atomic mass is 35.5. The molecule has 2 heterocycles. The number of H-pyrrole nitrogens is 2. The number of hydrogen-bond acceptors (Lipinski definition) is 4. The van der Waals surface area contributed by atoms with Gasteiger partial charge in [0, 0.05) is 17.3 Å². The molecule has 0 aliphatic heterocycles. The Labute approximate surface area is 124 Å². The minimum Gasteiger partial charge on any atom is -0.326 e. The lowest BCUT2D eigenvalue weighted by Crippen LogP contribution is -2.16. The van der Waals surface area contributed by atoms with Crippen LogP contribution in [0.25, 0.3) is 10.9 Å². The number of pyridine rings is 1. The SMILES string of the molecule is O=c1[nH]cc(S(=O)(=O)Nc2ccc3[nH]ncc3c2)cc1Cl. The van der Waals surface area contributed by atoms with Gasteiger partial charge in [-0.2, -0.15) is 5.10 Å². The zero-order valence-electron chi connectivity index (χ0n) is 10.4. The van der Waals surface area contributed by atoms with Crippen molar-refractivity contribution < 1.29 is 8.42 Å². The number of aromatic nitrogens is 3. The summed E-state index contributed by atoms with van der Waals surface area (Å²) < 4.78 is 26.9. The summed E-state index contributed by atoms with van der Waals surface area (Å²) in [7, 11) is -3.84. The Hall–Kier alpha value is -2.32. The van der Waals surface area contributed by atoms with Crippen molar-refractivity contribution in [1.82, 2.24) is 15.2 Å². The van der Waals surface area contributed by atoms with Crippen LogP contribution in [0.3, 0.4) is 0 Å². The van der Waals surface area contributed by atoms with Gasteiger partial charge in [0.05, 0.1) is 11.7 Å². The Kier molecular flexibility index (Phi) is 3.19. The van der Waals surface area contributed by atoms with E-state index >= 15 is 0 Å². The highest BCUT2D eigenvalue weighted by Crippen LogP contribution is 2.20. The van der Waals surface area contributed by atoms with E-state index < -0.39 is 15.6 Å². The third-order valence-electron chi connectivity index (χ3n) is 2.83. The molecule has 7 nitrogen and oxygen atoms in total. The zero-order valence-corrected chi connectivity index (χ0v) is 12.0. The van der Waals surface area contributed by atoms with Gasteiger partial charge in [0.25, 0.3) is 15.6 Å². The van der Waals surface area contributed by atoms with Crippen LogP contribution in [-0.4, -0.2) is 23.6 Å². The minimum atomic E-state index is -3.84. The molecule has 0 saturated carbocycles. The maximum Gasteiger partial charge on any atom is 0.266 e. The number of rotatable bonds is 3. The van der Waals surface area contributed by atoms with Gasteiger partial charge in [-0.1, -0.05) is 11.6 Å². The number of sulfonamides is 1. The van der Waals surface area contributed by atoms with E-state index in [0.29, 0.717) is 5.69 Å². The summed E-state index contributed by atoms with van der Waals surface area (Å²) >= 11 is 5.64. The van der Waals surface area contributed by atoms with Crippen LogP contribution in [-0.2, 0) is 10.0 Å². The number of halogens is 1. The van der Waals surface area contributed by atoms with Gasteiger partial charge in [-0.3, -0.25) is 14.6 Å². The molecule has 0 amide bonds. The third-order valence-corrected chi connectivity index (χ3v) is 4.48. The molecule has 0 radical (unpaired) electrons. The van der Waals surface area contributed by atoms with E-state index in [4.69, 9.17) is 11.6 Å². The summed E-state index contributed by atoms with van der Waals surface area (Å²) in [6.45, 7) is 0. The van der Waals surface area contributed by atoms with Gasteiger partial charge in [0.2, 0.25) is 0 Å². The Morgan fingerprint density at radius 3 is 2.81 bits per heavy atom. The number of benzene rings is 1. The minimum absolute atomic E-state index is 0.126. The zero-order chi connectivity index (χ0) is 15.0. The number of aromatic amines is 2. The number of hydrogen-bond donors (Lipinski definition) is 3. The molecule has 0 aliphatic carbocycles. The summed E-state index contributed by atoms with van der Waals surface area (Å²) in [6.07, 6.45) is 2.68. The number of nitrogens with zero attached hydrogens (tertiary/aromatic N) is 1. The van der Waals surface area contributed by atoms with E-state index in [1.165, 1.54) is 0 Å². The van der Waals surface area contributed by atoms with Crippen LogP contribution in [0.4, 0.5) is 5.69 Å². The lowest BCUT2D eigenvalue weighted by atomic mass is 10.2. The summed E-state index contributed by atoms with van der Waals surface area (Å²) in [4.78, 5) is 13.3.